The summed E-state index contributed by atoms with van der Waals surface area (Å²) in [5, 5.41) is 27.6. The number of aromatic carboxylic acids is 2. The second-order valence-corrected chi connectivity index (χ2v) is 6.75. The highest BCUT2D eigenvalue weighted by molar-refractivity contribution is 7.92. The van der Waals surface area contributed by atoms with E-state index in [1.165, 1.54) is 24.3 Å². The SMILES string of the molecule is CN(c1ccccc1C(=O)O)S(=O)(=O)c1ccc(O)c(C(=O)O)c1. The normalized spacial score (nSPS) is 11.0. The smallest absolute Gasteiger partial charge is 0.339 e. The molecule has 0 saturated carbocycles. The minimum Gasteiger partial charge on any atom is -0.507 e. The van der Waals surface area contributed by atoms with Crippen molar-refractivity contribution in [2.45, 2.75) is 4.90 Å². The molecule has 0 saturated heterocycles. The van der Waals surface area contributed by atoms with Gasteiger partial charge in [0.15, 0.2) is 0 Å². The summed E-state index contributed by atoms with van der Waals surface area (Å²) in [7, 11) is -3.07. The van der Waals surface area contributed by atoms with Crippen LogP contribution in [0, 0.1) is 0 Å². The van der Waals surface area contributed by atoms with Crippen LogP contribution in [0.1, 0.15) is 20.7 Å². The number of phenols is 1. The summed E-state index contributed by atoms with van der Waals surface area (Å²) in [6, 6.07) is 8.31. The van der Waals surface area contributed by atoms with Crippen LogP contribution in [-0.4, -0.2) is 42.7 Å². The molecule has 0 bridgehead atoms. The molecule has 0 aliphatic rings. The summed E-state index contributed by atoms with van der Waals surface area (Å²) < 4.78 is 26.0. The Balaban J connectivity index is 2.58. The maximum atomic E-state index is 12.7. The maximum absolute atomic E-state index is 12.7. The Kier molecular flexibility index (Phi) is 4.47. The number of carboxylic acid groups (broad SMARTS) is 2. The van der Waals surface area contributed by atoms with Crippen LogP contribution in [0.4, 0.5) is 5.69 Å². The Labute approximate surface area is 137 Å². The number of para-hydroxylation sites is 1. The largest absolute Gasteiger partial charge is 0.507 e. The second kappa shape index (κ2) is 6.20. The first-order valence-corrected chi connectivity index (χ1v) is 7.98. The number of rotatable bonds is 5. The zero-order chi connectivity index (χ0) is 18.1. The summed E-state index contributed by atoms with van der Waals surface area (Å²) in [5.41, 5.74) is -0.869. The van der Waals surface area contributed by atoms with E-state index in [0.717, 1.165) is 29.6 Å². The highest BCUT2D eigenvalue weighted by Crippen LogP contribution is 2.28. The lowest BCUT2D eigenvalue weighted by molar-refractivity contribution is 0.0684. The molecule has 0 fully saturated rings. The molecule has 8 nitrogen and oxygen atoms in total. The summed E-state index contributed by atoms with van der Waals surface area (Å²) in [6.45, 7) is 0. The van der Waals surface area contributed by atoms with Crippen molar-refractivity contribution >= 4 is 27.6 Å². The number of aromatic hydroxyl groups is 1. The van der Waals surface area contributed by atoms with E-state index in [1.807, 2.05) is 0 Å². The molecule has 3 N–H and O–H groups in total. The number of hydrogen-bond donors (Lipinski definition) is 3. The molecule has 0 aliphatic heterocycles. The third-order valence-electron chi connectivity index (χ3n) is 3.33. The van der Waals surface area contributed by atoms with E-state index >= 15 is 0 Å². The average Bonchev–Trinajstić information content (AvgIpc) is 2.53. The minimum absolute atomic E-state index is 0.0741. The summed E-state index contributed by atoms with van der Waals surface area (Å²) in [5.74, 6) is -3.36. The Morgan fingerprint density at radius 3 is 2.12 bits per heavy atom. The molecule has 0 aliphatic carbocycles. The van der Waals surface area contributed by atoms with E-state index in [2.05, 4.69) is 0 Å². The molecule has 24 heavy (non-hydrogen) atoms. The van der Waals surface area contributed by atoms with E-state index in [0.29, 0.717) is 0 Å². The van der Waals surface area contributed by atoms with Crippen LogP contribution in [0.15, 0.2) is 47.4 Å². The molecule has 0 amide bonds. The van der Waals surface area contributed by atoms with Gasteiger partial charge < -0.3 is 15.3 Å². The van der Waals surface area contributed by atoms with Crippen molar-refractivity contribution in [2.75, 3.05) is 11.4 Å². The molecule has 2 aromatic rings. The van der Waals surface area contributed by atoms with Crippen molar-refractivity contribution in [3.63, 3.8) is 0 Å². The van der Waals surface area contributed by atoms with Crippen LogP contribution >= 0.6 is 0 Å². The van der Waals surface area contributed by atoms with Crippen LogP contribution < -0.4 is 4.31 Å². The number of carbonyl (C=O) groups is 2. The van der Waals surface area contributed by atoms with Crippen molar-refractivity contribution in [1.82, 2.24) is 0 Å². The Morgan fingerprint density at radius 2 is 1.54 bits per heavy atom. The predicted octanol–water partition coefficient (Wildman–Crippen LogP) is 1.61. The lowest BCUT2D eigenvalue weighted by atomic mass is 10.2. The van der Waals surface area contributed by atoms with Crippen molar-refractivity contribution in [1.29, 1.82) is 0 Å². The van der Waals surface area contributed by atoms with Gasteiger partial charge in [-0.1, -0.05) is 12.1 Å². The van der Waals surface area contributed by atoms with Crippen molar-refractivity contribution in [3.8, 4) is 5.75 Å². The van der Waals surface area contributed by atoms with Crippen LogP contribution in [0.5, 0.6) is 5.75 Å². The van der Waals surface area contributed by atoms with Gasteiger partial charge in [-0.25, -0.2) is 18.0 Å². The fraction of sp³-hybridized carbons (Fsp3) is 0.0667. The number of nitrogens with zero attached hydrogens (tertiary/aromatic N) is 1. The Morgan fingerprint density at radius 1 is 0.958 bits per heavy atom. The molecule has 0 heterocycles. The number of benzene rings is 2. The van der Waals surface area contributed by atoms with E-state index < -0.39 is 33.3 Å². The predicted molar refractivity (Wildman–Crippen MR) is 84.1 cm³/mol. The number of carboxylic acids is 2. The highest BCUT2D eigenvalue weighted by Gasteiger charge is 2.26. The molecular formula is C15H13NO7S. The molecule has 2 aromatic carbocycles. The van der Waals surface area contributed by atoms with Gasteiger partial charge in [0.25, 0.3) is 10.0 Å². The van der Waals surface area contributed by atoms with Gasteiger partial charge >= 0.3 is 11.9 Å². The summed E-state index contributed by atoms with van der Waals surface area (Å²) >= 11 is 0. The lowest BCUT2D eigenvalue weighted by Crippen LogP contribution is -2.28. The molecule has 9 heteroatoms. The first-order chi connectivity index (χ1) is 11.2. The molecule has 0 spiro atoms. The first-order valence-electron chi connectivity index (χ1n) is 6.54. The molecule has 0 aromatic heterocycles. The Bertz CT molecular complexity index is 921. The molecule has 0 unspecified atom stereocenters. The first kappa shape index (κ1) is 17.3. The van der Waals surface area contributed by atoms with Crippen molar-refractivity contribution in [3.05, 3.63) is 53.6 Å². The molecular weight excluding hydrogens is 338 g/mol. The zero-order valence-corrected chi connectivity index (χ0v) is 13.2. The Hall–Kier alpha value is -3.07. The lowest BCUT2D eigenvalue weighted by Gasteiger charge is -2.21. The van der Waals surface area contributed by atoms with Crippen molar-refractivity contribution < 1.29 is 33.3 Å². The van der Waals surface area contributed by atoms with Gasteiger partial charge in [0.1, 0.15) is 11.3 Å². The number of sulfonamides is 1. The van der Waals surface area contributed by atoms with Gasteiger partial charge in [-0.2, -0.15) is 0 Å². The standard InChI is InChI=1S/C15H13NO7S/c1-16(12-5-3-2-4-10(12)14(18)19)24(22,23)9-6-7-13(17)11(8-9)15(20)21/h2-8,17H,1H3,(H,18,19)(H,20,21). The molecule has 126 valence electrons. The van der Waals surface area contributed by atoms with Crippen molar-refractivity contribution in [2.24, 2.45) is 0 Å². The van der Waals surface area contributed by atoms with E-state index in [-0.39, 0.29) is 16.1 Å². The van der Waals surface area contributed by atoms with Gasteiger partial charge in [0, 0.05) is 7.05 Å². The number of anilines is 1. The second-order valence-electron chi connectivity index (χ2n) is 4.78. The van der Waals surface area contributed by atoms with Crippen LogP contribution in [0.2, 0.25) is 0 Å². The number of hydrogen-bond acceptors (Lipinski definition) is 5. The van der Waals surface area contributed by atoms with Gasteiger partial charge in [-0.05, 0) is 30.3 Å². The molecule has 2 rings (SSSR count). The quantitative estimate of drug-likeness (QED) is 0.745. The van der Waals surface area contributed by atoms with E-state index in [9.17, 15) is 28.2 Å². The fourth-order valence-corrected chi connectivity index (χ4v) is 3.30. The monoisotopic (exact) mass is 351 g/mol. The van der Waals surface area contributed by atoms with E-state index in [1.54, 1.807) is 0 Å². The van der Waals surface area contributed by atoms with Gasteiger partial charge in [-0.3, -0.25) is 4.31 Å². The summed E-state index contributed by atoms with van der Waals surface area (Å²) in [6.07, 6.45) is 0. The van der Waals surface area contributed by atoms with Gasteiger partial charge in [-0.15, -0.1) is 0 Å². The zero-order valence-electron chi connectivity index (χ0n) is 12.4. The third-order valence-corrected chi connectivity index (χ3v) is 5.10. The third kappa shape index (κ3) is 3.01. The van der Waals surface area contributed by atoms with Crippen LogP contribution in [-0.2, 0) is 10.0 Å². The topological polar surface area (TPSA) is 132 Å². The van der Waals surface area contributed by atoms with Gasteiger partial charge in [0.05, 0.1) is 16.1 Å². The fourth-order valence-electron chi connectivity index (χ4n) is 2.06. The summed E-state index contributed by atoms with van der Waals surface area (Å²) in [4.78, 5) is 21.9. The maximum Gasteiger partial charge on any atom is 0.339 e. The molecule has 0 atom stereocenters. The average molecular weight is 351 g/mol. The van der Waals surface area contributed by atoms with Crippen LogP contribution in [0.25, 0.3) is 0 Å². The van der Waals surface area contributed by atoms with Crippen LogP contribution in [0.3, 0.4) is 0 Å². The van der Waals surface area contributed by atoms with E-state index in [4.69, 9.17) is 5.11 Å². The highest BCUT2D eigenvalue weighted by atomic mass is 32.2. The van der Waals surface area contributed by atoms with Gasteiger partial charge in [0.2, 0.25) is 0 Å². The minimum atomic E-state index is -4.23. The molecule has 0 radical (unpaired) electrons.